The minimum atomic E-state index is 0.387. The van der Waals surface area contributed by atoms with Crippen molar-refractivity contribution in [2.75, 3.05) is 0 Å². The predicted molar refractivity (Wildman–Crippen MR) is 152 cm³/mol. The summed E-state index contributed by atoms with van der Waals surface area (Å²) in [5, 5.41) is 0.774. The molecule has 0 radical (unpaired) electrons. The Labute approximate surface area is 213 Å². The average Bonchev–Trinajstić information content (AvgIpc) is 2.92. The van der Waals surface area contributed by atoms with Gasteiger partial charge in [-0.1, -0.05) is 157 Å². The molecule has 2 heteroatoms. The van der Waals surface area contributed by atoms with Crippen LogP contribution in [0.1, 0.15) is 71.3 Å². The lowest BCUT2D eigenvalue weighted by Crippen LogP contribution is -2.10. The zero-order valence-corrected chi connectivity index (χ0v) is 21.7. The molecule has 0 heterocycles. The smallest absolute Gasteiger partial charge is 0.0469 e. The second-order valence-corrected chi connectivity index (χ2v) is 11.3. The molecule has 0 aliphatic heterocycles. The van der Waals surface area contributed by atoms with E-state index in [0.29, 0.717) is 22.3 Å². The van der Waals surface area contributed by atoms with Gasteiger partial charge in [0.15, 0.2) is 0 Å². The molecule has 4 atom stereocenters. The summed E-state index contributed by atoms with van der Waals surface area (Å²) in [6.45, 7) is 4.65. The Bertz CT molecular complexity index is 990. The van der Waals surface area contributed by atoms with Crippen LogP contribution in [0, 0.1) is 0 Å². The van der Waals surface area contributed by atoms with Crippen LogP contribution < -0.4 is 0 Å². The van der Waals surface area contributed by atoms with Crippen molar-refractivity contribution in [3.05, 3.63) is 144 Å². The number of rotatable bonds is 11. The van der Waals surface area contributed by atoms with Crippen LogP contribution in [0.5, 0.6) is 0 Å². The molecule has 4 aromatic carbocycles. The standard InChI is InChI=1S/C32H34S2/c1-3-29(25-17-9-5-10-18-25)31(27-21-13-7-14-22-27)33-34-32(28-23-15-8-16-24-28)30(4-2)26-19-11-6-12-20-26/h5-24,29-32H,3-4H2,1-2H3. The van der Waals surface area contributed by atoms with E-state index in [4.69, 9.17) is 0 Å². The third kappa shape index (κ3) is 6.17. The highest BCUT2D eigenvalue weighted by atomic mass is 33.1. The lowest BCUT2D eigenvalue weighted by atomic mass is 9.89. The molecule has 0 aliphatic rings. The minimum Gasteiger partial charge on any atom is -0.0846 e. The molecule has 0 fully saturated rings. The fourth-order valence-corrected chi connectivity index (χ4v) is 8.70. The summed E-state index contributed by atoms with van der Waals surface area (Å²) in [5.74, 6) is 0.934. The third-order valence-corrected chi connectivity index (χ3v) is 9.89. The molecule has 4 unspecified atom stereocenters. The Hall–Kier alpha value is -2.42. The van der Waals surface area contributed by atoms with Crippen molar-refractivity contribution in [1.29, 1.82) is 0 Å². The molecule has 0 spiro atoms. The lowest BCUT2D eigenvalue weighted by Gasteiger charge is -2.31. The van der Waals surface area contributed by atoms with Crippen molar-refractivity contribution >= 4 is 21.6 Å². The summed E-state index contributed by atoms with van der Waals surface area (Å²) >= 11 is 0. The van der Waals surface area contributed by atoms with Crippen LogP contribution in [0.25, 0.3) is 0 Å². The highest BCUT2D eigenvalue weighted by Gasteiger charge is 2.29. The summed E-state index contributed by atoms with van der Waals surface area (Å²) in [6.07, 6.45) is 2.23. The maximum Gasteiger partial charge on any atom is 0.0469 e. The summed E-state index contributed by atoms with van der Waals surface area (Å²) in [4.78, 5) is 0. The first-order chi connectivity index (χ1) is 16.8. The largest absolute Gasteiger partial charge is 0.0846 e. The highest BCUT2D eigenvalue weighted by molar-refractivity contribution is 8.76. The van der Waals surface area contributed by atoms with E-state index in [9.17, 15) is 0 Å². The van der Waals surface area contributed by atoms with E-state index in [0.717, 1.165) is 12.8 Å². The Kier molecular flexibility index (Phi) is 9.35. The van der Waals surface area contributed by atoms with Gasteiger partial charge in [0.05, 0.1) is 0 Å². The van der Waals surface area contributed by atoms with E-state index in [1.807, 2.05) is 0 Å². The molecule has 0 aliphatic carbocycles. The van der Waals surface area contributed by atoms with Gasteiger partial charge in [0, 0.05) is 22.3 Å². The van der Waals surface area contributed by atoms with Crippen molar-refractivity contribution in [2.45, 2.75) is 49.0 Å². The Morgan fingerprint density at radius 2 is 0.676 bits per heavy atom. The zero-order chi connectivity index (χ0) is 23.6. The first kappa shape index (κ1) is 24.7. The maximum atomic E-state index is 2.33. The fraction of sp³-hybridized carbons (Fsp3) is 0.250. The predicted octanol–water partition coefficient (Wildman–Crippen LogP) is 10.2. The van der Waals surface area contributed by atoms with Gasteiger partial charge in [-0.25, -0.2) is 0 Å². The van der Waals surface area contributed by atoms with Gasteiger partial charge in [-0.15, -0.1) is 0 Å². The van der Waals surface area contributed by atoms with Crippen molar-refractivity contribution in [2.24, 2.45) is 0 Å². The maximum absolute atomic E-state index is 2.33. The summed E-state index contributed by atoms with van der Waals surface area (Å²) in [5.41, 5.74) is 5.68. The zero-order valence-electron chi connectivity index (χ0n) is 20.1. The Morgan fingerprint density at radius 1 is 0.412 bits per heavy atom. The SMILES string of the molecule is CCC(c1ccccc1)C(SSC(c1ccccc1)C(CC)c1ccccc1)c1ccccc1. The summed E-state index contributed by atoms with van der Waals surface area (Å²) in [7, 11) is 4.12. The molecule has 0 bridgehead atoms. The molecule has 0 N–H and O–H groups in total. The first-order valence-corrected chi connectivity index (χ1v) is 14.6. The van der Waals surface area contributed by atoms with Crippen molar-refractivity contribution in [1.82, 2.24) is 0 Å². The van der Waals surface area contributed by atoms with Gasteiger partial charge in [0.2, 0.25) is 0 Å². The molecule has 4 aromatic rings. The number of hydrogen-bond donors (Lipinski definition) is 0. The van der Waals surface area contributed by atoms with Crippen LogP contribution in [0.2, 0.25) is 0 Å². The first-order valence-electron chi connectivity index (χ1n) is 12.3. The van der Waals surface area contributed by atoms with Gasteiger partial charge in [-0.3, -0.25) is 0 Å². The molecule has 0 nitrogen and oxygen atoms in total. The van der Waals surface area contributed by atoms with Gasteiger partial charge in [0.25, 0.3) is 0 Å². The van der Waals surface area contributed by atoms with Crippen molar-refractivity contribution in [3.8, 4) is 0 Å². The monoisotopic (exact) mass is 482 g/mol. The van der Waals surface area contributed by atoms with Crippen LogP contribution >= 0.6 is 21.6 Å². The third-order valence-electron chi connectivity index (χ3n) is 6.59. The van der Waals surface area contributed by atoms with Crippen LogP contribution in [-0.4, -0.2) is 0 Å². The van der Waals surface area contributed by atoms with Crippen molar-refractivity contribution < 1.29 is 0 Å². The van der Waals surface area contributed by atoms with Crippen LogP contribution in [0.4, 0.5) is 0 Å². The number of benzene rings is 4. The summed E-state index contributed by atoms with van der Waals surface area (Å²) in [6, 6.07) is 44.3. The second kappa shape index (κ2) is 12.9. The summed E-state index contributed by atoms with van der Waals surface area (Å²) < 4.78 is 0. The molecule has 0 aromatic heterocycles. The van der Waals surface area contributed by atoms with E-state index in [-0.39, 0.29) is 0 Å². The second-order valence-electron chi connectivity index (χ2n) is 8.71. The fourth-order valence-electron chi connectivity index (χ4n) is 4.76. The molecular weight excluding hydrogens is 448 g/mol. The van der Waals surface area contributed by atoms with Crippen LogP contribution in [0.15, 0.2) is 121 Å². The van der Waals surface area contributed by atoms with Gasteiger partial charge >= 0.3 is 0 Å². The quantitative estimate of drug-likeness (QED) is 0.195. The normalized spacial score (nSPS) is 14.8. The molecular formula is C32H34S2. The van der Waals surface area contributed by atoms with E-state index in [2.05, 4.69) is 157 Å². The Balaban J connectivity index is 1.67. The van der Waals surface area contributed by atoms with Gasteiger partial charge in [-0.2, -0.15) is 0 Å². The van der Waals surface area contributed by atoms with Crippen LogP contribution in [-0.2, 0) is 0 Å². The van der Waals surface area contributed by atoms with E-state index in [1.54, 1.807) is 0 Å². The molecule has 174 valence electrons. The number of hydrogen-bond acceptors (Lipinski definition) is 2. The van der Waals surface area contributed by atoms with E-state index in [1.165, 1.54) is 22.3 Å². The van der Waals surface area contributed by atoms with E-state index < -0.39 is 0 Å². The van der Waals surface area contributed by atoms with Gasteiger partial charge in [0.1, 0.15) is 0 Å². The molecule has 34 heavy (non-hydrogen) atoms. The minimum absolute atomic E-state index is 0.387. The van der Waals surface area contributed by atoms with E-state index >= 15 is 0 Å². The Morgan fingerprint density at radius 3 is 0.941 bits per heavy atom. The van der Waals surface area contributed by atoms with Gasteiger partial charge in [-0.05, 0) is 35.1 Å². The topological polar surface area (TPSA) is 0 Å². The molecule has 0 saturated heterocycles. The lowest BCUT2D eigenvalue weighted by molar-refractivity contribution is 0.645. The highest BCUT2D eigenvalue weighted by Crippen LogP contribution is 2.56. The average molecular weight is 483 g/mol. The molecule has 4 rings (SSSR count). The van der Waals surface area contributed by atoms with Crippen LogP contribution in [0.3, 0.4) is 0 Å². The van der Waals surface area contributed by atoms with Crippen molar-refractivity contribution in [3.63, 3.8) is 0 Å². The molecule has 0 amide bonds. The molecule has 0 saturated carbocycles. The van der Waals surface area contributed by atoms with Gasteiger partial charge < -0.3 is 0 Å².